The van der Waals surface area contributed by atoms with Gasteiger partial charge in [-0.3, -0.25) is 0 Å². The van der Waals surface area contributed by atoms with Crippen LogP contribution in [0.15, 0.2) is 73.0 Å². The summed E-state index contributed by atoms with van der Waals surface area (Å²) in [6.07, 6.45) is 15.7. The lowest BCUT2D eigenvalue weighted by Gasteiger charge is -2.02. The van der Waals surface area contributed by atoms with Crippen LogP contribution < -0.4 is 5.32 Å². The molecule has 0 aromatic heterocycles. The molecule has 0 radical (unpaired) electrons. The molecule has 1 nitrogen and oxygen atoms in total. The molecule has 0 spiro atoms. The summed E-state index contributed by atoms with van der Waals surface area (Å²) < 4.78 is 0. The first-order valence-corrected chi connectivity index (χ1v) is 5.47. The van der Waals surface area contributed by atoms with E-state index in [4.69, 9.17) is 0 Å². The number of likely N-dealkylation sites (N-methyl/N-ethyl adjacent to an activating group) is 1. The number of hydrogen-bond acceptors (Lipinski definition) is 1. The lowest BCUT2D eigenvalue weighted by molar-refractivity contribution is 0.882. The molecular formula is C15H21N. The minimum absolute atomic E-state index is 0.881. The fraction of sp³-hybridized carbons (Fsp3) is 0.200. The van der Waals surface area contributed by atoms with Crippen molar-refractivity contribution in [2.75, 3.05) is 6.54 Å². The number of nitrogens with one attached hydrogen (secondary N) is 1. The first-order chi connectivity index (χ1) is 7.74. The summed E-state index contributed by atoms with van der Waals surface area (Å²) in [4.78, 5) is 0. The fourth-order valence-corrected chi connectivity index (χ4v) is 1.09. The molecule has 1 N–H and O–H groups in total. The Morgan fingerprint density at radius 2 is 1.88 bits per heavy atom. The van der Waals surface area contributed by atoms with E-state index >= 15 is 0 Å². The van der Waals surface area contributed by atoms with Crippen molar-refractivity contribution in [3.8, 4) is 0 Å². The van der Waals surface area contributed by atoms with Gasteiger partial charge < -0.3 is 5.32 Å². The van der Waals surface area contributed by atoms with E-state index in [1.54, 1.807) is 6.08 Å². The van der Waals surface area contributed by atoms with Crippen molar-refractivity contribution in [2.45, 2.75) is 13.8 Å². The third-order valence-corrected chi connectivity index (χ3v) is 1.76. The van der Waals surface area contributed by atoms with Crippen LogP contribution in [0.4, 0.5) is 0 Å². The molecule has 16 heavy (non-hydrogen) atoms. The van der Waals surface area contributed by atoms with Gasteiger partial charge >= 0.3 is 0 Å². The summed E-state index contributed by atoms with van der Waals surface area (Å²) in [5, 5.41) is 3.16. The zero-order valence-corrected chi connectivity index (χ0v) is 10.2. The van der Waals surface area contributed by atoms with Gasteiger partial charge in [0.15, 0.2) is 0 Å². The van der Waals surface area contributed by atoms with Crippen molar-refractivity contribution in [1.29, 1.82) is 0 Å². The molecule has 0 aromatic rings. The number of hydrogen-bond donors (Lipinski definition) is 1. The Bertz CT molecular complexity index is 327. The Morgan fingerprint density at radius 3 is 2.44 bits per heavy atom. The van der Waals surface area contributed by atoms with Gasteiger partial charge in [-0.1, -0.05) is 55.7 Å². The van der Waals surface area contributed by atoms with E-state index in [2.05, 4.69) is 18.5 Å². The smallest absolute Gasteiger partial charge is 0.0272 e. The molecular weight excluding hydrogens is 194 g/mol. The normalized spacial score (nSPS) is 12.8. The van der Waals surface area contributed by atoms with Gasteiger partial charge in [0.25, 0.3) is 0 Å². The molecule has 0 heterocycles. The molecule has 0 saturated heterocycles. The van der Waals surface area contributed by atoms with Crippen molar-refractivity contribution >= 4 is 0 Å². The van der Waals surface area contributed by atoms with Crippen LogP contribution in [0.1, 0.15) is 13.8 Å². The molecule has 0 aliphatic heterocycles. The maximum absolute atomic E-state index is 3.92. The van der Waals surface area contributed by atoms with Crippen LogP contribution in [-0.4, -0.2) is 6.54 Å². The summed E-state index contributed by atoms with van der Waals surface area (Å²) in [6.45, 7) is 12.5. The summed E-state index contributed by atoms with van der Waals surface area (Å²) in [6, 6.07) is 0. The van der Waals surface area contributed by atoms with E-state index in [-0.39, 0.29) is 0 Å². The number of allylic oxidation sites excluding steroid dienone is 9. The van der Waals surface area contributed by atoms with Crippen molar-refractivity contribution in [3.63, 3.8) is 0 Å². The Morgan fingerprint density at radius 1 is 1.19 bits per heavy atom. The second kappa shape index (κ2) is 9.78. The van der Waals surface area contributed by atoms with Crippen molar-refractivity contribution in [1.82, 2.24) is 5.32 Å². The van der Waals surface area contributed by atoms with Crippen LogP contribution in [-0.2, 0) is 0 Å². The predicted octanol–water partition coefficient (Wildman–Crippen LogP) is 3.91. The maximum atomic E-state index is 3.92. The topological polar surface area (TPSA) is 12.0 Å². The lowest BCUT2D eigenvalue weighted by atomic mass is 10.2. The third kappa shape index (κ3) is 7.63. The van der Waals surface area contributed by atoms with Gasteiger partial charge in [0, 0.05) is 12.2 Å². The average molecular weight is 215 g/mol. The van der Waals surface area contributed by atoms with Crippen molar-refractivity contribution in [3.05, 3.63) is 73.0 Å². The van der Waals surface area contributed by atoms with Gasteiger partial charge in [0.05, 0.1) is 0 Å². The van der Waals surface area contributed by atoms with Gasteiger partial charge in [-0.05, 0) is 25.5 Å². The highest BCUT2D eigenvalue weighted by Gasteiger charge is 1.88. The van der Waals surface area contributed by atoms with E-state index in [1.807, 2.05) is 56.4 Å². The van der Waals surface area contributed by atoms with Gasteiger partial charge in [-0.2, -0.15) is 0 Å². The van der Waals surface area contributed by atoms with Crippen LogP contribution in [0, 0.1) is 0 Å². The highest BCUT2D eigenvalue weighted by atomic mass is 14.9. The molecule has 0 unspecified atom stereocenters. The molecule has 0 fully saturated rings. The first kappa shape index (κ1) is 14.2. The first-order valence-electron chi connectivity index (χ1n) is 5.47. The Hall–Kier alpha value is -1.76. The monoisotopic (exact) mass is 215 g/mol. The van der Waals surface area contributed by atoms with E-state index in [0.29, 0.717) is 0 Å². The maximum Gasteiger partial charge on any atom is 0.0272 e. The highest BCUT2D eigenvalue weighted by molar-refractivity contribution is 5.38. The zero-order chi connectivity index (χ0) is 12.2. The Labute approximate surface area is 99.3 Å². The van der Waals surface area contributed by atoms with Gasteiger partial charge in [-0.25, -0.2) is 0 Å². The second-order valence-electron chi connectivity index (χ2n) is 3.18. The lowest BCUT2D eigenvalue weighted by Crippen LogP contribution is -2.09. The largest absolute Gasteiger partial charge is 0.386 e. The number of rotatable bonds is 7. The summed E-state index contributed by atoms with van der Waals surface area (Å²) in [5.74, 6) is 0. The molecule has 0 aliphatic carbocycles. The standard InChI is InChI=1S/C15H21N/c1-5-8-10-12-15(11-9-6-2)13-14(4)16-7-3/h5-6,8-13,16H,2,4,7H2,1,3H3/b8-5-,11-9-,12-10+,15-13+. The molecule has 0 rings (SSSR count). The molecule has 1 heteroatoms. The van der Waals surface area contributed by atoms with E-state index < -0.39 is 0 Å². The van der Waals surface area contributed by atoms with Gasteiger partial charge in [0.2, 0.25) is 0 Å². The molecule has 0 saturated carbocycles. The van der Waals surface area contributed by atoms with Crippen LogP contribution in [0.2, 0.25) is 0 Å². The molecule has 86 valence electrons. The summed E-state index contributed by atoms with van der Waals surface area (Å²) >= 11 is 0. The van der Waals surface area contributed by atoms with Crippen molar-refractivity contribution in [2.24, 2.45) is 0 Å². The summed E-state index contributed by atoms with van der Waals surface area (Å²) in [7, 11) is 0. The van der Waals surface area contributed by atoms with E-state index in [1.165, 1.54) is 0 Å². The molecule has 0 amide bonds. The minimum Gasteiger partial charge on any atom is -0.386 e. The average Bonchev–Trinajstić information content (AvgIpc) is 2.26. The molecule has 0 aromatic carbocycles. The quantitative estimate of drug-likeness (QED) is 0.635. The zero-order valence-electron chi connectivity index (χ0n) is 10.2. The van der Waals surface area contributed by atoms with Crippen molar-refractivity contribution < 1.29 is 0 Å². The molecule has 0 aliphatic rings. The Kier molecular flexibility index (Phi) is 8.71. The van der Waals surface area contributed by atoms with Crippen LogP contribution in [0.3, 0.4) is 0 Å². The Balaban J connectivity index is 4.71. The SMILES string of the molecule is C=C\C=C/C(/C=C/C=C\C)=C\C(=C)NCC. The molecule has 0 bridgehead atoms. The fourth-order valence-electron chi connectivity index (χ4n) is 1.09. The third-order valence-electron chi connectivity index (χ3n) is 1.76. The molecule has 0 atom stereocenters. The van der Waals surface area contributed by atoms with E-state index in [9.17, 15) is 0 Å². The predicted molar refractivity (Wildman–Crippen MR) is 74.2 cm³/mol. The van der Waals surface area contributed by atoms with Gasteiger partial charge in [0.1, 0.15) is 0 Å². The summed E-state index contributed by atoms with van der Waals surface area (Å²) in [5.41, 5.74) is 2.00. The van der Waals surface area contributed by atoms with Crippen LogP contribution in [0.5, 0.6) is 0 Å². The van der Waals surface area contributed by atoms with Crippen LogP contribution >= 0.6 is 0 Å². The van der Waals surface area contributed by atoms with E-state index in [0.717, 1.165) is 17.8 Å². The van der Waals surface area contributed by atoms with Gasteiger partial charge in [-0.15, -0.1) is 0 Å². The second-order valence-corrected chi connectivity index (χ2v) is 3.18. The minimum atomic E-state index is 0.881. The highest BCUT2D eigenvalue weighted by Crippen LogP contribution is 2.03. The van der Waals surface area contributed by atoms with Crippen LogP contribution in [0.25, 0.3) is 0 Å².